The number of para-hydroxylation sites is 1. The Morgan fingerprint density at radius 2 is 1.37 bits per heavy atom. The second-order valence-corrected chi connectivity index (χ2v) is 4.54. The Kier molecular flexibility index (Phi) is 3.17. The Bertz CT molecular complexity index is 642. The lowest BCUT2D eigenvalue weighted by Gasteiger charge is -2.17. The molecule has 1 atom stereocenters. The van der Waals surface area contributed by atoms with E-state index in [0.717, 1.165) is 16.8 Å². The first kappa shape index (κ1) is 11.8. The molecular weight excluding hydrogens is 232 g/mol. The SMILES string of the molecule is NC(c1ccccc1)c1ccccc1-n1cccc1. The van der Waals surface area contributed by atoms with Crippen LogP contribution in [0, 0.1) is 0 Å². The number of nitrogens with zero attached hydrogens (tertiary/aromatic N) is 1. The number of hydrogen-bond donors (Lipinski definition) is 1. The van der Waals surface area contributed by atoms with Crippen LogP contribution in [0.4, 0.5) is 0 Å². The Labute approximate surface area is 113 Å². The highest BCUT2D eigenvalue weighted by Crippen LogP contribution is 2.25. The maximum Gasteiger partial charge on any atom is 0.0572 e. The molecule has 0 saturated carbocycles. The molecule has 2 N–H and O–H groups in total. The first-order valence-electron chi connectivity index (χ1n) is 6.39. The molecule has 0 spiro atoms. The van der Waals surface area contributed by atoms with E-state index >= 15 is 0 Å². The minimum Gasteiger partial charge on any atom is -0.324 e. The van der Waals surface area contributed by atoms with E-state index in [1.54, 1.807) is 0 Å². The number of benzene rings is 2. The summed E-state index contributed by atoms with van der Waals surface area (Å²) in [5, 5.41) is 0. The fourth-order valence-corrected chi connectivity index (χ4v) is 2.32. The standard InChI is InChI=1S/C17H16N2/c18-17(14-8-2-1-3-9-14)15-10-4-5-11-16(15)19-12-6-7-13-19/h1-13,17H,18H2. The summed E-state index contributed by atoms with van der Waals surface area (Å²) in [4.78, 5) is 0. The molecule has 19 heavy (non-hydrogen) atoms. The average Bonchev–Trinajstić information content (AvgIpc) is 3.01. The lowest BCUT2D eigenvalue weighted by molar-refractivity contribution is 0.852. The van der Waals surface area contributed by atoms with Crippen molar-refractivity contribution in [3.05, 3.63) is 90.3 Å². The van der Waals surface area contributed by atoms with Gasteiger partial charge in [0.15, 0.2) is 0 Å². The molecule has 1 aromatic heterocycles. The highest BCUT2D eigenvalue weighted by Gasteiger charge is 2.13. The smallest absolute Gasteiger partial charge is 0.0572 e. The van der Waals surface area contributed by atoms with Gasteiger partial charge >= 0.3 is 0 Å². The summed E-state index contributed by atoms with van der Waals surface area (Å²) in [6, 6.07) is 22.4. The molecule has 0 saturated heterocycles. The van der Waals surface area contributed by atoms with Gasteiger partial charge in [-0.25, -0.2) is 0 Å². The van der Waals surface area contributed by atoms with Crippen LogP contribution in [0.3, 0.4) is 0 Å². The molecule has 1 heterocycles. The Morgan fingerprint density at radius 1 is 0.737 bits per heavy atom. The molecular formula is C17H16N2. The molecule has 0 aliphatic carbocycles. The van der Waals surface area contributed by atoms with Crippen LogP contribution in [0.2, 0.25) is 0 Å². The fraction of sp³-hybridized carbons (Fsp3) is 0.0588. The molecule has 2 heteroatoms. The van der Waals surface area contributed by atoms with Crippen molar-refractivity contribution in [3.8, 4) is 5.69 Å². The number of hydrogen-bond acceptors (Lipinski definition) is 1. The molecule has 0 aliphatic rings. The summed E-state index contributed by atoms with van der Waals surface area (Å²) in [5.74, 6) is 0. The molecule has 3 aromatic rings. The van der Waals surface area contributed by atoms with Crippen LogP contribution in [0.25, 0.3) is 5.69 Å². The first-order valence-corrected chi connectivity index (χ1v) is 6.39. The number of rotatable bonds is 3. The van der Waals surface area contributed by atoms with Crippen LogP contribution in [0.15, 0.2) is 79.1 Å². The predicted octanol–water partition coefficient (Wildman–Crippen LogP) is 3.53. The molecule has 0 fully saturated rings. The van der Waals surface area contributed by atoms with Crippen LogP contribution in [0.1, 0.15) is 17.2 Å². The van der Waals surface area contributed by atoms with Crippen LogP contribution in [0.5, 0.6) is 0 Å². The van der Waals surface area contributed by atoms with Gasteiger partial charge in [0.1, 0.15) is 0 Å². The molecule has 0 radical (unpaired) electrons. The summed E-state index contributed by atoms with van der Waals surface area (Å²) in [6.07, 6.45) is 4.08. The second kappa shape index (κ2) is 5.12. The summed E-state index contributed by atoms with van der Waals surface area (Å²) in [6.45, 7) is 0. The third-order valence-corrected chi connectivity index (χ3v) is 3.31. The minimum absolute atomic E-state index is 0.111. The van der Waals surface area contributed by atoms with E-state index < -0.39 is 0 Å². The van der Waals surface area contributed by atoms with Gasteiger partial charge in [0, 0.05) is 12.4 Å². The van der Waals surface area contributed by atoms with Crippen LogP contribution >= 0.6 is 0 Å². The van der Waals surface area contributed by atoms with Gasteiger partial charge in [0.25, 0.3) is 0 Å². The summed E-state index contributed by atoms with van der Waals surface area (Å²) in [7, 11) is 0. The first-order chi connectivity index (χ1) is 9.36. The van der Waals surface area contributed by atoms with Crippen molar-refractivity contribution in [1.29, 1.82) is 0 Å². The molecule has 3 rings (SSSR count). The monoisotopic (exact) mass is 248 g/mol. The molecule has 2 aromatic carbocycles. The van der Waals surface area contributed by atoms with Gasteiger partial charge in [0.05, 0.1) is 11.7 Å². The van der Waals surface area contributed by atoms with Gasteiger partial charge < -0.3 is 10.3 Å². The third kappa shape index (κ3) is 2.30. The van der Waals surface area contributed by atoms with Gasteiger partial charge in [0.2, 0.25) is 0 Å². The van der Waals surface area contributed by atoms with Gasteiger partial charge in [-0.05, 0) is 29.3 Å². The highest BCUT2D eigenvalue weighted by molar-refractivity contribution is 5.46. The zero-order valence-electron chi connectivity index (χ0n) is 10.6. The van der Waals surface area contributed by atoms with E-state index in [1.807, 2.05) is 54.9 Å². The lowest BCUT2D eigenvalue weighted by Crippen LogP contribution is -2.14. The predicted molar refractivity (Wildman–Crippen MR) is 78.2 cm³/mol. The van der Waals surface area contributed by atoms with Crippen molar-refractivity contribution < 1.29 is 0 Å². The second-order valence-electron chi connectivity index (χ2n) is 4.54. The molecule has 1 unspecified atom stereocenters. The number of aromatic nitrogens is 1. The molecule has 0 amide bonds. The maximum atomic E-state index is 6.41. The van der Waals surface area contributed by atoms with Crippen molar-refractivity contribution >= 4 is 0 Å². The quantitative estimate of drug-likeness (QED) is 0.755. The van der Waals surface area contributed by atoms with Crippen molar-refractivity contribution in [3.63, 3.8) is 0 Å². The highest BCUT2D eigenvalue weighted by atomic mass is 14.9. The fourth-order valence-electron chi connectivity index (χ4n) is 2.32. The van der Waals surface area contributed by atoms with Crippen LogP contribution in [-0.2, 0) is 0 Å². The van der Waals surface area contributed by atoms with E-state index in [1.165, 1.54) is 0 Å². The lowest BCUT2D eigenvalue weighted by atomic mass is 9.98. The third-order valence-electron chi connectivity index (χ3n) is 3.31. The van der Waals surface area contributed by atoms with Gasteiger partial charge in [-0.3, -0.25) is 0 Å². The van der Waals surface area contributed by atoms with Crippen molar-refractivity contribution in [2.75, 3.05) is 0 Å². The van der Waals surface area contributed by atoms with E-state index in [9.17, 15) is 0 Å². The van der Waals surface area contributed by atoms with Crippen molar-refractivity contribution in [2.45, 2.75) is 6.04 Å². The van der Waals surface area contributed by atoms with E-state index in [4.69, 9.17) is 5.73 Å². The molecule has 0 bridgehead atoms. The largest absolute Gasteiger partial charge is 0.324 e. The van der Waals surface area contributed by atoms with Gasteiger partial charge in [-0.2, -0.15) is 0 Å². The van der Waals surface area contributed by atoms with E-state index in [2.05, 4.69) is 28.8 Å². The maximum absolute atomic E-state index is 6.41. The van der Waals surface area contributed by atoms with Crippen molar-refractivity contribution in [2.24, 2.45) is 5.73 Å². The summed E-state index contributed by atoms with van der Waals surface area (Å²) >= 11 is 0. The summed E-state index contributed by atoms with van der Waals surface area (Å²) < 4.78 is 2.10. The molecule has 2 nitrogen and oxygen atoms in total. The molecule has 94 valence electrons. The zero-order valence-corrected chi connectivity index (χ0v) is 10.6. The Morgan fingerprint density at radius 3 is 2.11 bits per heavy atom. The topological polar surface area (TPSA) is 30.9 Å². The van der Waals surface area contributed by atoms with Gasteiger partial charge in [-0.15, -0.1) is 0 Å². The van der Waals surface area contributed by atoms with Crippen molar-refractivity contribution in [1.82, 2.24) is 4.57 Å². The van der Waals surface area contributed by atoms with E-state index in [-0.39, 0.29) is 6.04 Å². The Balaban J connectivity index is 2.06. The molecule has 0 aliphatic heterocycles. The Hall–Kier alpha value is -2.32. The van der Waals surface area contributed by atoms with E-state index in [0.29, 0.717) is 0 Å². The van der Waals surface area contributed by atoms with Crippen LogP contribution < -0.4 is 5.73 Å². The average molecular weight is 248 g/mol. The van der Waals surface area contributed by atoms with Gasteiger partial charge in [-0.1, -0.05) is 48.5 Å². The summed E-state index contributed by atoms with van der Waals surface area (Å²) in [5.41, 5.74) is 9.79. The van der Waals surface area contributed by atoms with Crippen LogP contribution in [-0.4, -0.2) is 4.57 Å². The normalized spacial score (nSPS) is 12.3. The zero-order chi connectivity index (χ0) is 13.1. The minimum atomic E-state index is -0.111. The number of nitrogens with two attached hydrogens (primary N) is 1.